The normalized spacial score (nSPS) is 10.7. The fourth-order valence-corrected chi connectivity index (χ4v) is 2.49. The second-order valence-corrected chi connectivity index (χ2v) is 6.14. The van der Waals surface area contributed by atoms with Crippen LogP contribution >= 0.6 is 0 Å². The van der Waals surface area contributed by atoms with Crippen molar-refractivity contribution < 1.29 is 9.53 Å². The zero-order valence-corrected chi connectivity index (χ0v) is 15.3. The number of rotatable bonds is 6. The highest BCUT2D eigenvalue weighted by molar-refractivity contribution is 5.92. The molecular weight excluding hydrogens is 338 g/mol. The molecule has 0 aliphatic heterocycles. The number of nitrogens with one attached hydrogen (secondary N) is 1. The molecular formula is C22H21N3O2. The summed E-state index contributed by atoms with van der Waals surface area (Å²) in [5.74, 6) is 0.451. The Hall–Kier alpha value is -3.47. The molecule has 27 heavy (non-hydrogen) atoms. The zero-order valence-electron chi connectivity index (χ0n) is 15.3. The number of anilines is 1. The van der Waals surface area contributed by atoms with Gasteiger partial charge in [0.1, 0.15) is 5.75 Å². The quantitative estimate of drug-likeness (QED) is 0.571. The van der Waals surface area contributed by atoms with Gasteiger partial charge in [-0.1, -0.05) is 36.4 Å². The highest BCUT2D eigenvalue weighted by Crippen LogP contribution is 2.25. The lowest BCUT2D eigenvalue weighted by Crippen LogP contribution is -2.20. The fraction of sp³-hybridized carbons (Fsp3) is 0.136. The first-order valence-electron chi connectivity index (χ1n) is 8.67. The molecule has 3 rings (SSSR count). The van der Waals surface area contributed by atoms with Crippen molar-refractivity contribution >= 4 is 23.0 Å². The van der Waals surface area contributed by atoms with Crippen LogP contribution in [0.1, 0.15) is 11.1 Å². The molecule has 0 spiro atoms. The molecule has 0 bridgehead atoms. The molecule has 0 heterocycles. The molecule has 5 nitrogen and oxygen atoms in total. The number of ether oxygens (including phenoxy) is 1. The van der Waals surface area contributed by atoms with Crippen molar-refractivity contribution in [1.29, 1.82) is 0 Å². The molecule has 0 atom stereocenters. The number of hydrogen-bond acceptors (Lipinski definition) is 4. The van der Waals surface area contributed by atoms with Gasteiger partial charge in [0, 0.05) is 5.69 Å². The monoisotopic (exact) mass is 359 g/mol. The molecule has 5 heteroatoms. The van der Waals surface area contributed by atoms with Crippen LogP contribution < -0.4 is 10.1 Å². The lowest BCUT2D eigenvalue weighted by Gasteiger charge is -2.10. The average Bonchev–Trinajstić information content (AvgIpc) is 2.68. The standard InChI is InChI=1S/C22H21N3O2/c1-16-8-6-7-11-21(16)25-24-18-12-13-20(17(2)14-18)23-22(26)15-27-19-9-4-3-5-10-19/h3-14H,15H2,1-2H3,(H,23,26). The summed E-state index contributed by atoms with van der Waals surface area (Å²) < 4.78 is 5.46. The van der Waals surface area contributed by atoms with Gasteiger partial charge >= 0.3 is 0 Å². The molecule has 0 aromatic heterocycles. The number of benzene rings is 3. The van der Waals surface area contributed by atoms with Crippen LogP contribution in [-0.4, -0.2) is 12.5 Å². The Bertz CT molecular complexity index is 953. The van der Waals surface area contributed by atoms with Crippen LogP contribution in [-0.2, 0) is 4.79 Å². The van der Waals surface area contributed by atoms with Gasteiger partial charge in [-0.2, -0.15) is 10.2 Å². The number of nitrogens with zero attached hydrogens (tertiary/aromatic N) is 2. The topological polar surface area (TPSA) is 63.0 Å². The van der Waals surface area contributed by atoms with Crippen LogP contribution in [0.25, 0.3) is 0 Å². The lowest BCUT2D eigenvalue weighted by molar-refractivity contribution is -0.118. The van der Waals surface area contributed by atoms with Gasteiger partial charge in [0.25, 0.3) is 5.91 Å². The van der Waals surface area contributed by atoms with E-state index in [0.29, 0.717) is 5.75 Å². The van der Waals surface area contributed by atoms with Crippen molar-refractivity contribution in [1.82, 2.24) is 0 Å². The Morgan fingerprint density at radius 2 is 1.63 bits per heavy atom. The van der Waals surface area contributed by atoms with Gasteiger partial charge < -0.3 is 10.1 Å². The number of carbonyl (C=O) groups excluding carboxylic acids is 1. The first kappa shape index (κ1) is 18.3. The van der Waals surface area contributed by atoms with E-state index >= 15 is 0 Å². The smallest absolute Gasteiger partial charge is 0.262 e. The van der Waals surface area contributed by atoms with Gasteiger partial charge in [0.2, 0.25) is 0 Å². The van der Waals surface area contributed by atoms with Crippen LogP contribution in [0.3, 0.4) is 0 Å². The van der Waals surface area contributed by atoms with E-state index in [0.717, 1.165) is 28.2 Å². The minimum Gasteiger partial charge on any atom is -0.484 e. The first-order valence-corrected chi connectivity index (χ1v) is 8.67. The van der Waals surface area contributed by atoms with Crippen LogP contribution in [0.2, 0.25) is 0 Å². The summed E-state index contributed by atoms with van der Waals surface area (Å²) in [5, 5.41) is 11.4. The van der Waals surface area contributed by atoms with Crippen molar-refractivity contribution in [2.24, 2.45) is 10.2 Å². The van der Waals surface area contributed by atoms with Crippen LogP contribution in [0, 0.1) is 13.8 Å². The molecule has 0 aliphatic rings. The average molecular weight is 359 g/mol. The van der Waals surface area contributed by atoms with Gasteiger partial charge in [0.15, 0.2) is 6.61 Å². The van der Waals surface area contributed by atoms with Crippen LogP contribution in [0.5, 0.6) is 5.75 Å². The van der Waals surface area contributed by atoms with Crippen molar-refractivity contribution in [3.05, 3.63) is 83.9 Å². The van der Waals surface area contributed by atoms with Crippen molar-refractivity contribution in [2.45, 2.75) is 13.8 Å². The van der Waals surface area contributed by atoms with Crippen molar-refractivity contribution in [3.63, 3.8) is 0 Å². The molecule has 0 fully saturated rings. The summed E-state index contributed by atoms with van der Waals surface area (Å²) in [6.45, 7) is 3.87. The highest BCUT2D eigenvalue weighted by Gasteiger charge is 2.06. The minimum absolute atomic E-state index is 0.0435. The van der Waals surface area contributed by atoms with Gasteiger partial charge in [-0.3, -0.25) is 4.79 Å². The predicted octanol–water partition coefficient (Wildman–Crippen LogP) is 5.74. The third-order valence-electron chi connectivity index (χ3n) is 3.99. The van der Waals surface area contributed by atoms with E-state index in [1.807, 2.05) is 86.6 Å². The van der Waals surface area contributed by atoms with E-state index in [1.165, 1.54) is 0 Å². The molecule has 136 valence electrons. The number of carbonyl (C=O) groups is 1. The summed E-state index contributed by atoms with van der Waals surface area (Å²) in [7, 11) is 0. The Kier molecular flexibility index (Phi) is 5.94. The molecule has 3 aromatic rings. The Morgan fingerprint density at radius 1 is 0.889 bits per heavy atom. The summed E-state index contributed by atoms with van der Waals surface area (Å²) in [6, 6.07) is 22.6. The zero-order chi connectivity index (χ0) is 19.1. The van der Waals surface area contributed by atoms with Crippen molar-refractivity contribution in [3.8, 4) is 5.75 Å². The molecule has 0 radical (unpaired) electrons. The molecule has 1 amide bonds. The maximum atomic E-state index is 12.1. The van der Waals surface area contributed by atoms with Gasteiger partial charge in [-0.15, -0.1) is 0 Å². The third-order valence-corrected chi connectivity index (χ3v) is 3.99. The van der Waals surface area contributed by atoms with E-state index in [9.17, 15) is 4.79 Å². The number of para-hydroxylation sites is 1. The van der Waals surface area contributed by atoms with E-state index in [1.54, 1.807) is 0 Å². The second kappa shape index (κ2) is 8.76. The molecule has 3 aromatic carbocycles. The minimum atomic E-state index is -0.212. The second-order valence-electron chi connectivity index (χ2n) is 6.14. The number of hydrogen-bond donors (Lipinski definition) is 1. The van der Waals surface area contributed by atoms with Gasteiger partial charge in [0.05, 0.1) is 11.4 Å². The van der Waals surface area contributed by atoms with E-state index in [-0.39, 0.29) is 12.5 Å². The fourth-order valence-electron chi connectivity index (χ4n) is 2.49. The van der Waals surface area contributed by atoms with E-state index < -0.39 is 0 Å². The largest absolute Gasteiger partial charge is 0.484 e. The lowest BCUT2D eigenvalue weighted by atomic mass is 10.2. The summed E-state index contributed by atoms with van der Waals surface area (Å²) in [5.41, 5.74) is 4.27. The van der Waals surface area contributed by atoms with Crippen LogP contribution in [0.15, 0.2) is 83.0 Å². The Labute approximate surface area is 158 Å². The number of aryl methyl sites for hydroxylation is 2. The van der Waals surface area contributed by atoms with E-state index in [4.69, 9.17) is 4.74 Å². The predicted molar refractivity (Wildman–Crippen MR) is 107 cm³/mol. The van der Waals surface area contributed by atoms with E-state index in [2.05, 4.69) is 15.5 Å². The molecule has 0 unspecified atom stereocenters. The maximum absolute atomic E-state index is 12.1. The van der Waals surface area contributed by atoms with Crippen LogP contribution in [0.4, 0.5) is 17.1 Å². The molecule has 0 saturated heterocycles. The Balaban J connectivity index is 1.61. The summed E-state index contributed by atoms with van der Waals surface area (Å²) in [4.78, 5) is 12.1. The maximum Gasteiger partial charge on any atom is 0.262 e. The third kappa shape index (κ3) is 5.25. The van der Waals surface area contributed by atoms with Gasteiger partial charge in [-0.05, 0) is 61.4 Å². The Morgan fingerprint density at radius 3 is 2.37 bits per heavy atom. The molecule has 1 N–H and O–H groups in total. The SMILES string of the molecule is Cc1ccccc1N=Nc1ccc(NC(=O)COc2ccccc2)c(C)c1. The van der Waals surface area contributed by atoms with Gasteiger partial charge in [-0.25, -0.2) is 0 Å². The first-order chi connectivity index (χ1) is 13.1. The molecule has 0 saturated carbocycles. The molecule has 0 aliphatic carbocycles. The highest BCUT2D eigenvalue weighted by atomic mass is 16.5. The summed E-state index contributed by atoms with van der Waals surface area (Å²) >= 11 is 0. The number of azo groups is 1. The number of amides is 1. The summed E-state index contributed by atoms with van der Waals surface area (Å²) in [6.07, 6.45) is 0. The van der Waals surface area contributed by atoms with Crippen molar-refractivity contribution in [2.75, 3.05) is 11.9 Å².